The molecule has 1 aromatic heterocycles. The molecule has 0 bridgehead atoms. The number of anilines is 1. The lowest BCUT2D eigenvalue weighted by molar-refractivity contribution is 0.124. The largest absolute Gasteiger partial charge is 0.412 e. The topological polar surface area (TPSA) is 34.1 Å². The summed E-state index contributed by atoms with van der Waals surface area (Å²) in [6.45, 7) is 11.6. The van der Waals surface area contributed by atoms with Gasteiger partial charge in [0.15, 0.2) is 8.32 Å². The first-order valence-electron chi connectivity index (χ1n) is 9.67. The molecule has 142 valence electrons. The Kier molecular flexibility index (Phi) is 5.66. The van der Waals surface area contributed by atoms with Gasteiger partial charge in [0, 0.05) is 5.39 Å². The van der Waals surface area contributed by atoms with Crippen molar-refractivity contribution in [3.63, 3.8) is 0 Å². The van der Waals surface area contributed by atoms with Crippen molar-refractivity contribution < 1.29 is 4.43 Å². The van der Waals surface area contributed by atoms with Crippen LogP contribution in [0.5, 0.6) is 0 Å². The number of hydrogen-bond donors (Lipinski definition) is 1. The lowest BCUT2D eigenvalue weighted by Gasteiger charge is -2.43. The van der Waals surface area contributed by atoms with Crippen molar-refractivity contribution >= 4 is 36.6 Å². The van der Waals surface area contributed by atoms with Crippen molar-refractivity contribution in [1.82, 2.24) is 4.98 Å². The standard InChI is InChI=1S/C21H31ClN2OSi/c1-21(2,3)26(4,5)25-19-13-9-8-12-18(19)24-20-16(22)14-15-10-6-7-11-17(15)23-20/h6-7,10-11,14,18-19H,8-9,12-13H2,1-5H3,(H,23,24)/t18-,19-/m0/s1. The molecule has 1 N–H and O–H groups in total. The third-order valence-electron chi connectivity index (χ3n) is 5.95. The van der Waals surface area contributed by atoms with Gasteiger partial charge in [0.25, 0.3) is 0 Å². The highest BCUT2D eigenvalue weighted by Crippen LogP contribution is 2.39. The van der Waals surface area contributed by atoms with E-state index in [1.54, 1.807) is 0 Å². The fraction of sp³-hybridized carbons (Fsp3) is 0.571. The molecule has 5 heteroatoms. The van der Waals surface area contributed by atoms with E-state index in [0.29, 0.717) is 5.02 Å². The van der Waals surface area contributed by atoms with E-state index in [0.717, 1.165) is 29.6 Å². The van der Waals surface area contributed by atoms with Crippen LogP contribution >= 0.6 is 11.6 Å². The second kappa shape index (κ2) is 7.49. The summed E-state index contributed by atoms with van der Waals surface area (Å²) in [7, 11) is -1.80. The van der Waals surface area contributed by atoms with Crippen LogP contribution < -0.4 is 5.32 Å². The molecule has 0 amide bonds. The number of fused-ring (bicyclic) bond motifs is 1. The van der Waals surface area contributed by atoms with E-state index in [4.69, 9.17) is 21.0 Å². The van der Waals surface area contributed by atoms with Crippen molar-refractivity contribution in [2.24, 2.45) is 0 Å². The SMILES string of the molecule is CC(C)(C)[Si](C)(C)O[C@H]1CCCC[C@@H]1Nc1nc2ccccc2cc1Cl. The van der Waals surface area contributed by atoms with Gasteiger partial charge in [-0.3, -0.25) is 0 Å². The lowest BCUT2D eigenvalue weighted by Crippen LogP contribution is -2.49. The zero-order chi connectivity index (χ0) is 18.9. The first kappa shape index (κ1) is 19.7. The van der Waals surface area contributed by atoms with Crippen LogP contribution in [0.25, 0.3) is 10.9 Å². The number of nitrogens with zero attached hydrogens (tertiary/aromatic N) is 1. The van der Waals surface area contributed by atoms with Crippen LogP contribution in [0.1, 0.15) is 46.5 Å². The highest BCUT2D eigenvalue weighted by Gasteiger charge is 2.41. The molecule has 3 nitrogen and oxygen atoms in total. The summed E-state index contributed by atoms with van der Waals surface area (Å²) in [5.41, 5.74) is 0.970. The quantitative estimate of drug-likeness (QED) is 0.594. The summed E-state index contributed by atoms with van der Waals surface area (Å²) >= 11 is 6.52. The Labute approximate surface area is 163 Å². The minimum Gasteiger partial charge on any atom is -0.412 e. The van der Waals surface area contributed by atoms with Gasteiger partial charge >= 0.3 is 0 Å². The summed E-state index contributed by atoms with van der Waals surface area (Å²) in [6, 6.07) is 10.4. The van der Waals surface area contributed by atoms with Crippen molar-refractivity contribution in [3.8, 4) is 0 Å². The zero-order valence-corrected chi connectivity index (χ0v) is 18.4. The minimum atomic E-state index is -1.80. The molecule has 1 heterocycles. The van der Waals surface area contributed by atoms with E-state index in [1.807, 2.05) is 30.3 Å². The van der Waals surface area contributed by atoms with Gasteiger partial charge in [-0.1, -0.05) is 63.4 Å². The molecule has 0 radical (unpaired) electrons. The first-order chi connectivity index (χ1) is 12.2. The monoisotopic (exact) mass is 390 g/mol. The van der Waals surface area contributed by atoms with E-state index in [2.05, 4.69) is 39.2 Å². The summed E-state index contributed by atoms with van der Waals surface area (Å²) in [5, 5.41) is 5.59. The van der Waals surface area contributed by atoms with E-state index >= 15 is 0 Å². The number of para-hydroxylation sites is 1. The molecule has 1 aliphatic carbocycles. The van der Waals surface area contributed by atoms with Gasteiger partial charge < -0.3 is 9.74 Å². The Bertz CT molecular complexity index is 772. The molecular weight excluding hydrogens is 360 g/mol. The van der Waals surface area contributed by atoms with Crippen molar-refractivity contribution in [2.45, 2.75) is 76.7 Å². The first-order valence-corrected chi connectivity index (χ1v) is 13.0. The Balaban J connectivity index is 1.82. The predicted octanol–water partition coefficient (Wildman–Crippen LogP) is 6.63. The maximum atomic E-state index is 6.76. The molecule has 26 heavy (non-hydrogen) atoms. The number of aromatic nitrogens is 1. The van der Waals surface area contributed by atoms with Gasteiger partial charge in [-0.05, 0) is 43.1 Å². The van der Waals surface area contributed by atoms with Crippen LogP contribution in [-0.2, 0) is 4.43 Å². The molecular formula is C21H31ClN2OSi. The molecule has 1 aromatic carbocycles. The molecule has 2 atom stereocenters. The van der Waals surface area contributed by atoms with Crippen LogP contribution in [0, 0.1) is 0 Å². The molecule has 1 saturated carbocycles. The van der Waals surface area contributed by atoms with E-state index in [1.165, 1.54) is 12.8 Å². The number of hydrogen-bond acceptors (Lipinski definition) is 3. The Morgan fingerprint density at radius 1 is 1.15 bits per heavy atom. The number of pyridine rings is 1. The Morgan fingerprint density at radius 2 is 1.85 bits per heavy atom. The second-order valence-electron chi connectivity index (χ2n) is 8.96. The molecule has 3 rings (SSSR count). The summed E-state index contributed by atoms with van der Waals surface area (Å²) < 4.78 is 6.76. The van der Waals surface area contributed by atoms with Crippen molar-refractivity contribution in [1.29, 1.82) is 0 Å². The molecule has 0 spiro atoms. The fourth-order valence-corrected chi connectivity index (χ4v) is 4.93. The minimum absolute atomic E-state index is 0.216. The number of rotatable bonds is 4. The molecule has 0 aliphatic heterocycles. The Morgan fingerprint density at radius 3 is 2.58 bits per heavy atom. The summed E-state index contributed by atoms with van der Waals surface area (Å²) in [6.07, 6.45) is 4.89. The van der Waals surface area contributed by atoms with Gasteiger partial charge in [-0.25, -0.2) is 4.98 Å². The molecule has 2 aromatic rings. The number of nitrogens with one attached hydrogen (secondary N) is 1. The maximum Gasteiger partial charge on any atom is 0.192 e. The second-order valence-corrected chi connectivity index (χ2v) is 14.1. The lowest BCUT2D eigenvalue weighted by atomic mass is 9.92. The van der Waals surface area contributed by atoms with Gasteiger partial charge in [0.05, 0.1) is 22.7 Å². The predicted molar refractivity (Wildman–Crippen MR) is 115 cm³/mol. The molecule has 0 unspecified atom stereocenters. The highest BCUT2D eigenvalue weighted by molar-refractivity contribution is 6.74. The Hall–Kier alpha value is -1.10. The van der Waals surface area contributed by atoms with Crippen LogP contribution in [0.2, 0.25) is 23.2 Å². The van der Waals surface area contributed by atoms with Crippen molar-refractivity contribution in [3.05, 3.63) is 35.4 Å². The normalized spacial score (nSPS) is 21.8. The summed E-state index contributed by atoms with van der Waals surface area (Å²) in [5.74, 6) is 0.779. The van der Waals surface area contributed by atoms with E-state index < -0.39 is 8.32 Å². The molecule has 0 saturated heterocycles. The third kappa shape index (κ3) is 4.24. The van der Waals surface area contributed by atoms with Gasteiger partial charge in [-0.15, -0.1) is 0 Å². The van der Waals surface area contributed by atoms with Crippen molar-refractivity contribution in [2.75, 3.05) is 5.32 Å². The van der Waals surface area contributed by atoms with E-state index in [9.17, 15) is 0 Å². The van der Waals surface area contributed by atoms with Crippen LogP contribution in [0.3, 0.4) is 0 Å². The number of benzene rings is 1. The molecule has 1 fully saturated rings. The van der Waals surface area contributed by atoms with Crippen LogP contribution in [-0.4, -0.2) is 25.4 Å². The third-order valence-corrected chi connectivity index (χ3v) is 10.7. The summed E-state index contributed by atoms with van der Waals surface area (Å²) in [4.78, 5) is 4.76. The zero-order valence-electron chi connectivity index (χ0n) is 16.6. The van der Waals surface area contributed by atoms with Crippen LogP contribution in [0.15, 0.2) is 30.3 Å². The van der Waals surface area contributed by atoms with Crippen LogP contribution in [0.4, 0.5) is 5.82 Å². The van der Waals surface area contributed by atoms with E-state index in [-0.39, 0.29) is 17.2 Å². The maximum absolute atomic E-state index is 6.76. The van der Waals surface area contributed by atoms with Gasteiger partial charge in [0.2, 0.25) is 0 Å². The molecule has 1 aliphatic rings. The fourth-order valence-electron chi connectivity index (χ4n) is 3.33. The van der Waals surface area contributed by atoms with Gasteiger partial charge in [0.1, 0.15) is 5.82 Å². The van der Waals surface area contributed by atoms with Gasteiger partial charge in [-0.2, -0.15) is 0 Å². The smallest absolute Gasteiger partial charge is 0.192 e. The average molecular weight is 391 g/mol. The number of halogens is 1. The highest BCUT2D eigenvalue weighted by atomic mass is 35.5. The average Bonchev–Trinajstić information content (AvgIpc) is 2.56.